The van der Waals surface area contributed by atoms with E-state index in [4.69, 9.17) is 4.74 Å². The van der Waals surface area contributed by atoms with Gasteiger partial charge in [0.1, 0.15) is 12.4 Å². The minimum absolute atomic E-state index is 0.487. The quantitative estimate of drug-likeness (QED) is 0.762. The number of benzene rings is 2. The van der Waals surface area contributed by atoms with Gasteiger partial charge in [0.2, 0.25) is 0 Å². The van der Waals surface area contributed by atoms with E-state index in [1.807, 2.05) is 24.3 Å². The van der Waals surface area contributed by atoms with E-state index >= 15 is 0 Å². The van der Waals surface area contributed by atoms with Gasteiger partial charge in [0.15, 0.2) is 0 Å². The SMILES string of the molecule is COC(=O)Nc1ccc(OCc2cc3ccccc3s2)cc1. The van der Waals surface area contributed by atoms with E-state index < -0.39 is 6.09 Å². The first-order chi connectivity index (χ1) is 10.7. The zero-order valence-corrected chi connectivity index (χ0v) is 12.9. The number of hydrogen-bond donors (Lipinski definition) is 1. The van der Waals surface area contributed by atoms with E-state index in [-0.39, 0.29) is 0 Å². The van der Waals surface area contributed by atoms with Gasteiger partial charge in [-0.2, -0.15) is 0 Å². The van der Waals surface area contributed by atoms with Crippen LogP contribution in [0.15, 0.2) is 54.6 Å². The summed E-state index contributed by atoms with van der Waals surface area (Å²) in [6.45, 7) is 0.531. The summed E-state index contributed by atoms with van der Waals surface area (Å²) in [6, 6.07) is 17.6. The molecule has 0 radical (unpaired) electrons. The second kappa shape index (κ2) is 6.49. The number of methoxy groups -OCH3 is 1. The maximum absolute atomic E-state index is 11.1. The fraction of sp³-hybridized carbons (Fsp3) is 0.118. The third-order valence-corrected chi connectivity index (χ3v) is 4.23. The van der Waals surface area contributed by atoms with Crippen molar-refractivity contribution < 1.29 is 14.3 Å². The van der Waals surface area contributed by atoms with Gasteiger partial charge < -0.3 is 9.47 Å². The molecule has 0 fully saturated rings. The fourth-order valence-corrected chi connectivity index (χ4v) is 3.04. The zero-order valence-electron chi connectivity index (χ0n) is 12.0. The van der Waals surface area contributed by atoms with Gasteiger partial charge >= 0.3 is 6.09 Å². The Morgan fingerprint density at radius 2 is 1.91 bits per heavy atom. The maximum atomic E-state index is 11.1. The number of amides is 1. The van der Waals surface area contributed by atoms with Gasteiger partial charge in [-0.1, -0.05) is 18.2 Å². The van der Waals surface area contributed by atoms with Crippen molar-refractivity contribution in [3.05, 3.63) is 59.5 Å². The number of ether oxygens (including phenoxy) is 2. The Morgan fingerprint density at radius 3 is 2.64 bits per heavy atom. The predicted octanol–water partition coefficient (Wildman–Crippen LogP) is 4.66. The lowest BCUT2D eigenvalue weighted by Gasteiger charge is -2.06. The highest BCUT2D eigenvalue weighted by atomic mass is 32.1. The number of carbonyl (C=O) groups is 1. The lowest BCUT2D eigenvalue weighted by Crippen LogP contribution is -2.10. The topological polar surface area (TPSA) is 47.6 Å². The van der Waals surface area contributed by atoms with Crippen molar-refractivity contribution in [2.75, 3.05) is 12.4 Å². The molecule has 0 aliphatic heterocycles. The van der Waals surface area contributed by atoms with E-state index in [2.05, 4.69) is 28.3 Å². The lowest BCUT2D eigenvalue weighted by molar-refractivity contribution is 0.187. The summed E-state index contributed by atoms with van der Waals surface area (Å²) in [5, 5.41) is 3.84. The van der Waals surface area contributed by atoms with Crippen LogP contribution in [-0.2, 0) is 11.3 Å². The van der Waals surface area contributed by atoms with Crippen LogP contribution in [0.3, 0.4) is 0 Å². The van der Waals surface area contributed by atoms with Crippen molar-refractivity contribution in [1.82, 2.24) is 0 Å². The van der Waals surface area contributed by atoms with Gasteiger partial charge in [0.25, 0.3) is 0 Å². The van der Waals surface area contributed by atoms with E-state index in [1.54, 1.807) is 23.5 Å². The van der Waals surface area contributed by atoms with E-state index in [1.165, 1.54) is 22.1 Å². The molecule has 1 N–H and O–H groups in total. The summed E-state index contributed by atoms with van der Waals surface area (Å²) in [6.07, 6.45) is -0.487. The molecular formula is C17H15NO3S. The molecule has 3 aromatic rings. The number of rotatable bonds is 4. The van der Waals surface area contributed by atoms with Crippen LogP contribution in [-0.4, -0.2) is 13.2 Å². The van der Waals surface area contributed by atoms with Gasteiger partial charge in [-0.25, -0.2) is 4.79 Å². The average Bonchev–Trinajstić information content (AvgIpc) is 2.97. The van der Waals surface area contributed by atoms with Crippen molar-refractivity contribution in [3.63, 3.8) is 0 Å². The van der Waals surface area contributed by atoms with Gasteiger partial charge in [0.05, 0.1) is 7.11 Å². The van der Waals surface area contributed by atoms with Gasteiger partial charge in [-0.05, 0) is 41.8 Å². The molecule has 1 heterocycles. The molecule has 3 rings (SSSR count). The minimum Gasteiger partial charge on any atom is -0.488 e. The molecule has 0 aliphatic rings. The highest BCUT2D eigenvalue weighted by Crippen LogP contribution is 2.26. The summed E-state index contributed by atoms with van der Waals surface area (Å²) < 4.78 is 11.6. The number of nitrogens with one attached hydrogen (secondary N) is 1. The smallest absolute Gasteiger partial charge is 0.411 e. The Labute approximate surface area is 132 Å². The largest absolute Gasteiger partial charge is 0.488 e. The van der Waals surface area contributed by atoms with Gasteiger partial charge in [-0.15, -0.1) is 11.3 Å². The molecule has 1 amide bonds. The van der Waals surface area contributed by atoms with Crippen LogP contribution < -0.4 is 10.1 Å². The molecule has 5 heteroatoms. The lowest BCUT2D eigenvalue weighted by atomic mass is 10.2. The second-order valence-corrected chi connectivity index (χ2v) is 5.85. The van der Waals surface area contributed by atoms with Gasteiger partial charge in [0, 0.05) is 15.3 Å². The normalized spacial score (nSPS) is 10.4. The molecule has 4 nitrogen and oxygen atoms in total. The Hall–Kier alpha value is -2.53. The third-order valence-electron chi connectivity index (χ3n) is 3.14. The zero-order chi connectivity index (χ0) is 15.4. The Morgan fingerprint density at radius 1 is 1.14 bits per heavy atom. The van der Waals surface area contributed by atoms with Crippen LogP contribution in [0, 0.1) is 0 Å². The third kappa shape index (κ3) is 3.38. The Kier molecular flexibility index (Phi) is 4.25. The van der Waals surface area contributed by atoms with Crippen LogP contribution in [0.5, 0.6) is 5.75 Å². The molecule has 0 spiro atoms. The number of carbonyl (C=O) groups excluding carboxylic acids is 1. The van der Waals surface area contributed by atoms with Crippen molar-refractivity contribution in [2.24, 2.45) is 0 Å². The van der Waals surface area contributed by atoms with Crippen LogP contribution in [0.1, 0.15) is 4.88 Å². The second-order valence-electron chi connectivity index (χ2n) is 4.68. The average molecular weight is 313 g/mol. The van der Waals surface area contributed by atoms with Crippen molar-refractivity contribution in [2.45, 2.75) is 6.61 Å². The minimum atomic E-state index is -0.487. The van der Waals surface area contributed by atoms with E-state index in [0.29, 0.717) is 12.3 Å². The first-order valence-corrected chi connectivity index (χ1v) is 7.61. The molecule has 0 saturated carbocycles. The van der Waals surface area contributed by atoms with E-state index in [0.717, 1.165) is 5.75 Å². The van der Waals surface area contributed by atoms with Crippen molar-refractivity contribution >= 4 is 33.2 Å². The summed E-state index contributed by atoms with van der Waals surface area (Å²) >= 11 is 1.73. The molecular weight excluding hydrogens is 298 g/mol. The van der Waals surface area contributed by atoms with Crippen LogP contribution in [0.25, 0.3) is 10.1 Å². The Balaban J connectivity index is 1.62. The molecule has 112 valence electrons. The molecule has 0 aliphatic carbocycles. The molecule has 1 aromatic heterocycles. The summed E-state index contributed by atoms with van der Waals surface area (Å²) in [5.74, 6) is 0.757. The molecule has 0 atom stereocenters. The van der Waals surface area contributed by atoms with Crippen molar-refractivity contribution in [3.8, 4) is 5.75 Å². The first kappa shape index (κ1) is 14.4. The highest BCUT2D eigenvalue weighted by molar-refractivity contribution is 7.19. The molecule has 0 saturated heterocycles. The fourth-order valence-electron chi connectivity index (χ4n) is 2.07. The molecule has 0 unspecified atom stereocenters. The molecule has 22 heavy (non-hydrogen) atoms. The number of anilines is 1. The number of hydrogen-bond acceptors (Lipinski definition) is 4. The number of thiophene rings is 1. The first-order valence-electron chi connectivity index (χ1n) is 6.80. The Bertz CT molecular complexity index is 747. The monoisotopic (exact) mass is 313 g/mol. The highest BCUT2D eigenvalue weighted by Gasteiger charge is 2.03. The number of fused-ring (bicyclic) bond motifs is 1. The van der Waals surface area contributed by atoms with Crippen LogP contribution in [0.4, 0.5) is 10.5 Å². The summed E-state index contributed by atoms with van der Waals surface area (Å²) in [4.78, 5) is 12.3. The summed E-state index contributed by atoms with van der Waals surface area (Å²) in [7, 11) is 1.33. The van der Waals surface area contributed by atoms with Crippen LogP contribution >= 0.6 is 11.3 Å². The maximum Gasteiger partial charge on any atom is 0.411 e. The van der Waals surface area contributed by atoms with Gasteiger partial charge in [-0.3, -0.25) is 5.32 Å². The van der Waals surface area contributed by atoms with Crippen LogP contribution in [0.2, 0.25) is 0 Å². The van der Waals surface area contributed by atoms with E-state index in [9.17, 15) is 4.79 Å². The standard InChI is InChI=1S/C17H15NO3S/c1-20-17(19)18-13-6-8-14(9-7-13)21-11-15-10-12-4-2-3-5-16(12)22-15/h2-10H,11H2,1H3,(H,18,19). The summed E-state index contributed by atoms with van der Waals surface area (Å²) in [5.41, 5.74) is 0.668. The van der Waals surface area contributed by atoms with Crippen molar-refractivity contribution in [1.29, 1.82) is 0 Å². The molecule has 2 aromatic carbocycles. The predicted molar refractivity (Wildman–Crippen MR) is 88.6 cm³/mol. The molecule has 0 bridgehead atoms.